The first-order valence-corrected chi connectivity index (χ1v) is 5.79. The van der Waals surface area contributed by atoms with E-state index in [1.807, 2.05) is 30.3 Å². The maximum Gasteiger partial charge on any atom is 0.280 e. The second kappa shape index (κ2) is 4.62. The van der Waals surface area contributed by atoms with Crippen LogP contribution in [0.25, 0.3) is 16.7 Å². The Hall–Kier alpha value is -2.54. The third-order valence-corrected chi connectivity index (χ3v) is 2.77. The monoisotopic (exact) mass is 257 g/mol. The molecule has 0 radical (unpaired) electrons. The summed E-state index contributed by atoms with van der Waals surface area (Å²) in [5, 5.41) is 21.2. The SMILES string of the molecule is O=c1c2cnn(-c3ccccc3)c2nnn1CCO. The summed E-state index contributed by atoms with van der Waals surface area (Å²) in [5.74, 6) is 0. The highest BCUT2D eigenvalue weighted by Gasteiger charge is 2.11. The Labute approximate surface area is 107 Å². The molecule has 0 saturated carbocycles. The van der Waals surface area contributed by atoms with E-state index in [1.165, 1.54) is 6.20 Å². The van der Waals surface area contributed by atoms with Crippen molar-refractivity contribution in [2.45, 2.75) is 6.54 Å². The van der Waals surface area contributed by atoms with Crippen LogP contribution >= 0.6 is 0 Å². The topological polar surface area (TPSA) is 85.8 Å². The van der Waals surface area contributed by atoms with E-state index in [-0.39, 0.29) is 18.7 Å². The van der Waals surface area contributed by atoms with Crippen molar-refractivity contribution in [2.24, 2.45) is 0 Å². The number of nitrogens with zero attached hydrogens (tertiary/aromatic N) is 5. The van der Waals surface area contributed by atoms with Crippen LogP contribution in [0.1, 0.15) is 0 Å². The Kier molecular flexibility index (Phi) is 2.81. The van der Waals surface area contributed by atoms with Gasteiger partial charge in [-0.05, 0) is 12.1 Å². The lowest BCUT2D eigenvalue weighted by Crippen LogP contribution is -2.25. The van der Waals surface area contributed by atoms with Crippen LogP contribution in [0.15, 0.2) is 41.3 Å². The predicted molar refractivity (Wildman–Crippen MR) is 68.0 cm³/mol. The van der Waals surface area contributed by atoms with Gasteiger partial charge in [-0.2, -0.15) is 5.10 Å². The Balaban J connectivity index is 2.21. The van der Waals surface area contributed by atoms with Gasteiger partial charge in [0.2, 0.25) is 0 Å². The van der Waals surface area contributed by atoms with E-state index in [0.717, 1.165) is 10.4 Å². The Bertz CT molecular complexity index is 763. The normalized spacial score (nSPS) is 11.0. The Morgan fingerprint density at radius 3 is 2.74 bits per heavy atom. The Morgan fingerprint density at radius 2 is 2.00 bits per heavy atom. The number of aliphatic hydroxyl groups excluding tert-OH is 1. The van der Waals surface area contributed by atoms with Crippen LogP contribution in [0.5, 0.6) is 0 Å². The molecule has 0 bridgehead atoms. The largest absolute Gasteiger partial charge is 0.394 e. The summed E-state index contributed by atoms with van der Waals surface area (Å²) in [7, 11) is 0. The van der Waals surface area contributed by atoms with Crippen LogP contribution in [0, 0.1) is 0 Å². The van der Waals surface area contributed by atoms with Crippen molar-refractivity contribution < 1.29 is 5.11 Å². The van der Waals surface area contributed by atoms with Gasteiger partial charge >= 0.3 is 0 Å². The van der Waals surface area contributed by atoms with Gasteiger partial charge in [-0.15, -0.1) is 5.10 Å². The zero-order valence-electron chi connectivity index (χ0n) is 9.97. The average Bonchev–Trinajstić information content (AvgIpc) is 2.88. The molecular weight excluding hydrogens is 246 g/mol. The molecule has 3 rings (SSSR count). The van der Waals surface area contributed by atoms with Crippen LogP contribution in [-0.2, 0) is 6.54 Å². The number of aromatic nitrogens is 5. The molecule has 0 atom stereocenters. The molecule has 0 amide bonds. The maximum atomic E-state index is 12.1. The van der Waals surface area contributed by atoms with Gasteiger partial charge in [0, 0.05) is 0 Å². The lowest BCUT2D eigenvalue weighted by Gasteiger charge is -2.03. The van der Waals surface area contributed by atoms with Gasteiger partial charge < -0.3 is 5.11 Å². The van der Waals surface area contributed by atoms with Gasteiger partial charge in [-0.25, -0.2) is 9.36 Å². The summed E-state index contributed by atoms with van der Waals surface area (Å²) in [4.78, 5) is 12.1. The quantitative estimate of drug-likeness (QED) is 0.712. The third-order valence-electron chi connectivity index (χ3n) is 2.77. The molecule has 0 spiro atoms. The number of fused-ring (bicyclic) bond motifs is 1. The van der Waals surface area contributed by atoms with Gasteiger partial charge in [0.15, 0.2) is 5.65 Å². The van der Waals surface area contributed by atoms with Gasteiger partial charge in [0.1, 0.15) is 5.39 Å². The molecule has 1 aromatic carbocycles. The zero-order chi connectivity index (χ0) is 13.2. The maximum absolute atomic E-state index is 12.1. The van der Waals surface area contributed by atoms with Crippen LogP contribution in [0.4, 0.5) is 0 Å². The van der Waals surface area contributed by atoms with Gasteiger partial charge in [0.25, 0.3) is 5.56 Å². The minimum atomic E-state index is -0.304. The fourth-order valence-corrected chi connectivity index (χ4v) is 1.86. The van der Waals surface area contributed by atoms with Gasteiger partial charge in [-0.3, -0.25) is 4.79 Å². The van der Waals surface area contributed by atoms with Crippen LogP contribution in [0.2, 0.25) is 0 Å². The Morgan fingerprint density at radius 1 is 1.21 bits per heavy atom. The van der Waals surface area contributed by atoms with Crippen LogP contribution < -0.4 is 5.56 Å². The molecule has 0 aliphatic rings. The minimum absolute atomic E-state index is 0.123. The fraction of sp³-hybridized carbons (Fsp3) is 0.167. The van der Waals surface area contributed by atoms with Crippen molar-refractivity contribution in [2.75, 3.05) is 6.61 Å². The lowest BCUT2D eigenvalue weighted by atomic mass is 10.3. The minimum Gasteiger partial charge on any atom is -0.394 e. The van der Waals surface area contributed by atoms with E-state index >= 15 is 0 Å². The number of hydrogen-bond donors (Lipinski definition) is 1. The van der Waals surface area contributed by atoms with E-state index in [1.54, 1.807) is 4.68 Å². The summed E-state index contributed by atoms with van der Waals surface area (Å²) < 4.78 is 2.69. The molecule has 19 heavy (non-hydrogen) atoms. The summed E-state index contributed by atoms with van der Waals surface area (Å²) in [6, 6.07) is 9.39. The molecule has 7 heteroatoms. The molecule has 0 aliphatic carbocycles. The first-order valence-electron chi connectivity index (χ1n) is 5.79. The molecule has 0 unspecified atom stereocenters. The lowest BCUT2D eigenvalue weighted by molar-refractivity contribution is 0.264. The van der Waals surface area contributed by atoms with Crippen molar-refractivity contribution in [1.82, 2.24) is 24.8 Å². The number of benzene rings is 1. The van der Waals surface area contributed by atoms with E-state index in [0.29, 0.717) is 11.0 Å². The van der Waals surface area contributed by atoms with Crippen molar-refractivity contribution in [3.63, 3.8) is 0 Å². The standard InChI is InChI=1S/C12H11N5O2/c18-7-6-16-12(19)10-8-13-17(11(10)14-15-16)9-4-2-1-3-5-9/h1-5,8,18H,6-7H2. The number of rotatable bonds is 3. The molecule has 96 valence electrons. The highest BCUT2D eigenvalue weighted by Crippen LogP contribution is 2.12. The van der Waals surface area contributed by atoms with Crippen LogP contribution in [-0.4, -0.2) is 36.5 Å². The molecule has 2 heterocycles. The van der Waals surface area contributed by atoms with Crippen LogP contribution in [0.3, 0.4) is 0 Å². The first-order chi connectivity index (χ1) is 9.31. The highest BCUT2D eigenvalue weighted by molar-refractivity contribution is 5.74. The summed E-state index contributed by atoms with van der Waals surface area (Å²) in [6.45, 7) is -0.0365. The molecule has 2 aromatic heterocycles. The molecule has 3 aromatic rings. The summed E-state index contributed by atoms with van der Waals surface area (Å²) >= 11 is 0. The number of para-hydroxylation sites is 1. The predicted octanol–water partition coefficient (Wildman–Crippen LogP) is -0.0305. The molecule has 7 nitrogen and oxygen atoms in total. The van der Waals surface area contributed by atoms with Crippen molar-refractivity contribution >= 4 is 11.0 Å². The zero-order valence-corrected chi connectivity index (χ0v) is 9.97. The number of hydrogen-bond acceptors (Lipinski definition) is 5. The van der Waals surface area contributed by atoms with E-state index in [9.17, 15) is 4.79 Å². The molecular formula is C12H11N5O2. The molecule has 0 aliphatic heterocycles. The number of aliphatic hydroxyl groups is 1. The first kappa shape index (κ1) is 11.5. The van der Waals surface area contributed by atoms with Crippen molar-refractivity contribution in [3.05, 3.63) is 46.9 Å². The van der Waals surface area contributed by atoms with E-state index in [2.05, 4.69) is 15.4 Å². The van der Waals surface area contributed by atoms with Crippen molar-refractivity contribution in [1.29, 1.82) is 0 Å². The average molecular weight is 257 g/mol. The molecule has 1 N–H and O–H groups in total. The van der Waals surface area contributed by atoms with E-state index < -0.39 is 0 Å². The fourth-order valence-electron chi connectivity index (χ4n) is 1.86. The summed E-state index contributed by atoms with van der Waals surface area (Å²) in [5.41, 5.74) is 0.915. The molecule has 0 fully saturated rings. The second-order valence-corrected chi connectivity index (χ2v) is 3.97. The highest BCUT2D eigenvalue weighted by atomic mass is 16.3. The van der Waals surface area contributed by atoms with E-state index in [4.69, 9.17) is 5.11 Å². The second-order valence-electron chi connectivity index (χ2n) is 3.97. The summed E-state index contributed by atoms with van der Waals surface area (Å²) in [6.07, 6.45) is 1.47. The third kappa shape index (κ3) is 1.89. The molecule has 0 saturated heterocycles. The smallest absolute Gasteiger partial charge is 0.280 e. The van der Waals surface area contributed by atoms with Crippen molar-refractivity contribution in [3.8, 4) is 5.69 Å². The van der Waals surface area contributed by atoms with Gasteiger partial charge in [0.05, 0.1) is 25.0 Å². The van der Waals surface area contributed by atoms with Gasteiger partial charge in [-0.1, -0.05) is 23.4 Å².